The number of aromatic nitrogens is 1. The third-order valence-corrected chi connectivity index (χ3v) is 4.29. The van der Waals surface area contributed by atoms with Gasteiger partial charge < -0.3 is 16.8 Å². The van der Waals surface area contributed by atoms with Gasteiger partial charge in [-0.2, -0.15) is 0 Å². The van der Waals surface area contributed by atoms with E-state index < -0.39 is 0 Å². The van der Waals surface area contributed by atoms with Gasteiger partial charge in [-0.25, -0.2) is 4.98 Å². The van der Waals surface area contributed by atoms with Gasteiger partial charge in [0.15, 0.2) is 0 Å². The van der Waals surface area contributed by atoms with Gasteiger partial charge >= 0.3 is 0 Å². The van der Waals surface area contributed by atoms with Crippen LogP contribution < -0.4 is 17.4 Å². The smallest absolute Gasteiger partial charge is 0.215 e. The predicted molar refractivity (Wildman–Crippen MR) is 84.1 cm³/mol. The Kier molecular flexibility index (Phi) is 3.42. The Morgan fingerprint density at radius 2 is 1.81 bits per heavy atom. The summed E-state index contributed by atoms with van der Waals surface area (Å²) in [6, 6.07) is 12.7. The molecule has 21 heavy (non-hydrogen) atoms. The third kappa shape index (κ3) is 2.12. The minimum atomic E-state index is 0. The van der Waals surface area contributed by atoms with Crippen molar-refractivity contribution in [1.82, 2.24) is 0 Å². The second-order valence-electron chi connectivity index (χ2n) is 5.22. The fourth-order valence-corrected chi connectivity index (χ4v) is 3.21. The molecule has 0 amide bonds. The summed E-state index contributed by atoms with van der Waals surface area (Å²) in [5.74, 6) is 0.946. The number of aryl methyl sites for hydroxylation is 2. The summed E-state index contributed by atoms with van der Waals surface area (Å²) in [6.45, 7) is 4.12. The van der Waals surface area contributed by atoms with Crippen molar-refractivity contribution in [2.75, 3.05) is 0 Å². The van der Waals surface area contributed by atoms with Crippen molar-refractivity contribution in [3.05, 3.63) is 52.2 Å². The van der Waals surface area contributed by atoms with Crippen molar-refractivity contribution in [1.29, 1.82) is 0 Å². The largest absolute Gasteiger partial charge is 1.00 e. The van der Waals surface area contributed by atoms with Crippen LogP contribution in [0.1, 0.15) is 11.3 Å². The Morgan fingerprint density at radius 1 is 1.00 bits per heavy atom. The van der Waals surface area contributed by atoms with Gasteiger partial charge in [0.2, 0.25) is 11.2 Å². The van der Waals surface area contributed by atoms with E-state index in [-0.39, 0.29) is 12.4 Å². The van der Waals surface area contributed by atoms with Crippen LogP contribution in [0, 0.1) is 13.8 Å². The van der Waals surface area contributed by atoms with E-state index in [9.17, 15) is 0 Å². The zero-order valence-electron chi connectivity index (χ0n) is 11.6. The van der Waals surface area contributed by atoms with Gasteiger partial charge in [-0.15, -0.1) is 0 Å². The number of halogens is 2. The Bertz CT molecular complexity index is 945. The van der Waals surface area contributed by atoms with Crippen LogP contribution in [0.5, 0.6) is 0 Å². The van der Waals surface area contributed by atoms with Crippen LogP contribution in [-0.2, 0) is 0 Å². The van der Waals surface area contributed by atoms with E-state index >= 15 is 0 Å². The van der Waals surface area contributed by atoms with Crippen molar-refractivity contribution in [2.24, 2.45) is 0 Å². The summed E-state index contributed by atoms with van der Waals surface area (Å²) in [7, 11) is 0. The van der Waals surface area contributed by atoms with Gasteiger partial charge in [-0.1, -0.05) is 22.0 Å². The second-order valence-corrected chi connectivity index (χ2v) is 6.14. The van der Waals surface area contributed by atoms with Crippen molar-refractivity contribution >= 4 is 37.8 Å². The van der Waals surface area contributed by atoms with Crippen LogP contribution in [0.4, 0.5) is 0 Å². The van der Waals surface area contributed by atoms with Gasteiger partial charge in [-0.3, -0.25) is 0 Å². The molecule has 2 aromatic rings. The van der Waals surface area contributed by atoms with Crippen LogP contribution >= 0.6 is 15.9 Å². The highest BCUT2D eigenvalue weighted by Crippen LogP contribution is 2.37. The summed E-state index contributed by atoms with van der Waals surface area (Å²) in [5, 5.41) is 2.37. The molecule has 0 fully saturated rings. The molecule has 2 nitrogen and oxygen atoms in total. The van der Waals surface area contributed by atoms with Gasteiger partial charge in [0.1, 0.15) is 16.9 Å². The Morgan fingerprint density at radius 3 is 2.62 bits per heavy atom. The number of furan rings is 1. The number of fused-ring (bicyclic) bond motifs is 5. The molecule has 0 saturated heterocycles. The van der Waals surface area contributed by atoms with Gasteiger partial charge in [-0.05, 0) is 37.6 Å². The molecule has 1 aliphatic carbocycles. The lowest BCUT2D eigenvalue weighted by Gasteiger charge is -1.91. The van der Waals surface area contributed by atoms with Crippen LogP contribution in [0.3, 0.4) is 0 Å². The lowest BCUT2D eigenvalue weighted by molar-refractivity contribution is -0.327. The average molecular weight is 363 g/mol. The average Bonchev–Trinajstić information content (AvgIpc) is 2.92. The summed E-state index contributed by atoms with van der Waals surface area (Å²) in [4.78, 5) is 3.48. The number of aromatic amines is 1. The van der Waals surface area contributed by atoms with E-state index in [1.165, 1.54) is 16.3 Å². The molecule has 1 aromatic carbocycles. The quantitative estimate of drug-likeness (QED) is 0.469. The maximum atomic E-state index is 5.99. The van der Waals surface area contributed by atoms with Crippen LogP contribution in [0.25, 0.3) is 33.1 Å². The molecule has 2 heterocycles. The number of rotatable bonds is 0. The molecule has 1 aromatic heterocycles. The van der Waals surface area contributed by atoms with Gasteiger partial charge in [0.05, 0.1) is 5.39 Å². The van der Waals surface area contributed by atoms with Crippen molar-refractivity contribution in [2.45, 2.75) is 13.8 Å². The molecule has 4 rings (SSSR count). The zero-order valence-corrected chi connectivity index (χ0v) is 14.0. The predicted octanol–water partition coefficient (Wildman–Crippen LogP) is 1.89. The maximum absolute atomic E-state index is 5.99. The maximum Gasteiger partial charge on any atom is 0.215 e. The molecule has 0 radical (unpaired) electrons. The highest BCUT2D eigenvalue weighted by molar-refractivity contribution is 9.10. The van der Waals surface area contributed by atoms with Gasteiger partial charge in [0, 0.05) is 22.0 Å². The van der Waals surface area contributed by atoms with E-state index in [1.54, 1.807) is 0 Å². The zero-order chi connectivity index (χ0) is 13.9. The van der Waals surface area contributed by atoms with Crippen molar-refractivity contribution in [3.8, 4) is 11.3 Å². The first-order chi connectivity index (χ1) is 9.63. The number of hydrogen-bond donors (Lipinski definition) is 0. The molecular weight excluding hydrogens is 350 g/mol. The molecule has 0 unspecified atom stereocenters. The van der Waals surface area contributed by atoms with Crippen LogP contribution in [0.15, 0.2) is 45.3 Å². The first-order valence-electron chi connectivity index (χ1n) is 6.57. The molecule has 106 valence electrons. The molecular formula is C17H13BrClNO. The topological polar surface area (TPSA) is 27.3 Å². The summed E-state index contributed by atoms with van der Waals surface area (Å²) in [5.41, 5.74) is 5.57. The van der Waals surface area contributed by atoms with Crippen LogP contribution in [-0.4, -0.2) is 0 Å². The lowest BCUT2D eigenvalue weighted by Crippen LogP contribution is -3.00. The lowest BCUT2D eigenvalue weighted by atomic mass is 10.1. The Balaban J connectivity index is 0.00000132. The number of H-pyrrole nitrogens is 1. The van der Waals surface area contributed by atoms with E-state index in [2.05, 4.69) is 64.2 Å². The number of nitrogens with one attached hydrogen (secondary N) is 1. The van der Waals surface area contributed by atoms with E-state index in [0.717, 1.165) is 32.6 Å². The first-order valence-corrected chi connectivity index (χ1v) is 7.37. The highest BCUT2D eigenvalue weighted by atomic mass is 79.9. The van der Waals surface area contributed by atoms with E-state index in [1.807, 2.05) is 6.92 Å². The molecule has 0 atom stereocenters. The van der Waals surface area contributed by atoms with Gasteiger partial charge in [0.25, 0.3) is 0 Å². The molecule has 0 bridgehead atoms. The van der Waals surface area contributed by atoms with Crippen molar-refractivity contribution in [3.63, 3.8) is 0 Å². The minimum absolute atomic E-state index is 0. The van der Waals surface area contributed by atoms with E-state index in [0.29, 0.717) is 0 Å². The molecule has 2 aliphatic rings. The summed E-state index contributed by atoms with van der Waals surface area (Å²) < 4.78 is 7.06. The standard InChI is InChI=1S/C17H12BrNO.ClH/c1-9-3-6-14-16(17-13(9)7-10(2)20-17)12-5-4-11(18)8-15(12)19-14;/h3-8H,1-2H3;1H. The third-order valence-electron chi connectivity index (χ3n) is 3.80. The SMILES string of the molecule is Cc1cc2c(C)ccc3[nH+]c4cc(Br)ccc4c-3c2o1.[Cl-]. The number of benzene rings is 1. The normalized spacial score (nSPS) is 11.2. The molecule has 4 heteroatoms. The monoisotopic (exact) mass is 361 g/mol. The second kappa shape index (κ2) is 5.00. The summed E-state index contributed by atoms with van der Waals surface area (Å²) >= 11 is 3.52. The Hall–Kier alpha value is -1.58. The Labute approximate surface area is 137 Å². The van der Waals surface area contributed by atoms with Crippen LogP contribution in [0.2, 0.25) is 0 Å². The molecule has 1 aliphatic heterocycles. The van der Waals surface area contributed by atoms with Crippen molar-refractivity contribution < 1.29 is 21.8 Å². The molecule has 1 N–H and O–H groups in total. The minimum Gasteiger partial charge on any atom is -1.00 e. The number of hydrogen-bond acceptors (Lipinski definition) is 1. The molecule has 0 saturated carbocycles. The first kappa shape index (κ1) is 14.4. The fraction of sp³-hybridized carbons (Fsp3) is 0.118. The molecule has 0 spiro atoms. The fourth-order valence-electron chi connectivity index (χ4n) is 2.85. The summed E-state index contributed by atoms with van der Waals surface area (Å²) in [6.07, 6.45) is 0. The highest BCUT2D eigenvalue weighted by Gasteiger charge is 2.23. The van der Waals surface area contributed by atoms with E-state index in [4.69, 9.17) is 4.42 Å².